The largest absolute Gasteiger partial charge is 0.502 e. The van der Waals surface area contributed by atoms with Crippen molar-refractivity contribution in [1.29, 1.82) is 0 Å². The highest BCUT2D eigenvalue weighted by Gasteiger charge is 2.26. The van der Waals surface area contributed by atoms with Crippen LogP contribution in [0.15, 0.2) is 0 Å². The second-order valence-corrected chi connectivity index (χ2v) is 26.7. The summed E-state index contributed by atoms with van der Waals surface area (Å²) in [6, 6.07) is 0. The van der Waals surface area contributed by atoms with Gasteiger partial charge in [-0.25, -0.2) is 0 Å². The summed E-state index contributed by atoms with van der Waals surface area (Å²) in [5, 5.41) is 70.8. The molecule has 0 aliphatic carbocycles. The van der Waals surface area contributed by atoms with E-state index in [1.807, 2.05) is 0 Å². The molecule has 0 aliphatic heterocycles. The van der Waals surface area contributed by atoms with Gasteiger partial charge < -0.3 is 40.9 Å². The van der Waals surface area contributed by atoms with Crippen molar-refractivity contribution in [3.63, 3.8) is 0 Å². The van der Waals surface area contributed by atoms with E-state index in [1.165, 1.54) is 283 Å². The molecule has 0 aromatic rings. The molecule has 0 aromatic carbocycles. The van der Waals surface area contributed by atoms with Crippen LogP contribution in [0, 0.1) is 29.1 Å². The van der Waals surface area contributed by atoms with Gasteiger partial charge in [0.2, 0.25) is 0 Å². The number of aliphatic hydroxyl groups is 8. The van der Waals surface area contributed by atoms with Crippen LogP contribution in [-0.2, 0) is 0 Å². The third kappa shape index (κ3) is 83.7. The molecule has 0 aromatic heterocycles. The maximum absolute atomic E-state index is 9.02. The maximum atomic E-state index is 9.02. The van der Waals surface area contributed by atoms with Gasteiger partial charge in [0.15, 0.2) is 20.2 Å². The van der Waals surface area contributed by atoms with E-state index >= 15 is 0 Å². The third-order valence-corrected chi connectivity index (χ3v) is 16.3. The van der Waals surface area contributed by atoms with E-state index in [9.17, 15) is 0 Å². The Bertz CT molecular complexity index is 1080. The number of hydrogen-bond donors (Lipinski definition) is 8. The van der Waals surface area contributed by atoms with Crippen molar-refractivity contribution in [2.45, 2.75) is 364 Å². The van der Waals surface area contributed by atoms with Crippen molar-refractivity contribution in [3.05, 3.63) is 0 Å². The van der Waals surface area contributed by atoms with Gasteiger partial charge in [0.05, 0.1) is 31.8 Å². The number of thiocarbonyl (C=S) groups is 4. The first-order valence-corrected chi connectivity index (χ1v) is 35.8. The summed E-state index contributed by atoms with van der Waals surface area (Å²) in [4.78, 5) is 0. The molecule has 4 unspecified atom stereocenters. The van der Waals surface area contributed by atoms with E-state index in [-0.39, 0.29) is 20.2 Å². The highest BCUT2D eigenvalue weighted by molar-refractivity contribution is 7.80. The Morgan fingerprint density at radius 1 is 0.247 bits per heavy atom. The molecular weight excluding hydrogens is 1090 g/mol. The summed E-state index contributed by atoms with van der Waals surface area (Å²) in [5.74, 6) is 2.21. The van der Waals surface area contributed by atoms with Crippen LogP contribution < -0.4 is 0 Å². The highest BCUT2D eigenvalue weighted by atomic mass is 32.1. The van der Waals surface area contributed by atoms with Gasteiger partial charge in [-0.15, -0.1) is 0 Å². The van der Waals surface area contributed by atoms with Crippen LogP contribution >= 0.6 is 48.9 Å². The van der Waals surface area contributed by atoms with Crippen molar-refractivity contribution < 1.29 is 40.9 Å². The molecule has 0 saturated heterocycles. The van der Waals surface area contributed by atoms with E-state index in [2.05, 4.69) is 55.4 Å². The van der Waals surface area contributed by atoms with Gasteiger partial charge in [-0.3, -0.25) is 0 Å². The maximum Gasteiger partial charge on any atom is 0.156 e. The van der Waals surface area contributed by atoms with E-state index in [0.29, 0.717) is 49.4 Å². The van der Waals surface area contributed by atoms with Crippen molar-refractivity contribution >= 4 is 69.1 Å². The van der Waals surface area contributed by atoms with Crippen LogP contribution in [0.1, 0.15) is 364 Å². The zero-order valence-corrected chi connectivity index (χ0v) is 58.1. The molecule has 8 N–H and O–H groups in total. The Labute approximate surface area is 525 Å². The summed E-state index contributed by atoms with van der Waals surface area (Å²) in [6.45, 7) is 16.2. The molecule has 81 heavy (non-hydrogen) atoms. The van der Waals surface area contributed by atoms with Crippen LogP contribution in [0.4, 0.5) is 0 Å². The fourth-order valence-corrected chi connectivity index (χ4v) is 11.0. The smallest absolute Gasteiger partial charge is 0.156 e. The second-order valence-electron chi connectivity index (χ2n) is 24.8. The van der Waals surface area contributed by atoms with Crippen molar-refractivity contribution in [3.8, 4) is 0 Å². The van der Waals surface area contributed by atoms with Gasteiger partial charge in [-0.2, -0.15) is 0 Å². The van der Waals surface area contributed by atoms with Gasteiger partial charge in [0, 0.05) is 25.7 Å². The lowest BCUT2D eigenvalue weighted by atomic mass is 9.93. The predicted octanol–water partition coefficient (Wildman–Crippen LogP) is 22.8. The molecule has 0 fully saturated rings. The van der Waals surface area contributed by atoms with Crippen LogP contribution in [0.25, 0.3) is 0 Å². The van der Waals surface area contributed by atoms with E-state index in [1.54, 1.807) is 0 Å². The molecule has 0 aliphatic rings. The minimum absolute atomic E-state index is 0.176. The fourth-order valence-electron chi connectivity index (χ4n) is 9.82. The molecule has 8 nitrogen and oxygen atoms in total. The quantitative estimate of drug-likeness (QED) is 0.0215. The molecule has 0 rings (SSSR count). The standard InChI is InChI=1S/4C16H32OS.C5H12O4/c4*1-3-4-5-6-7-8-9-10-11-12-13-15(2)14-16(17)18;6-1-5(2-7,3-8)4-9/h4*15H,3-14H2,1-2H3,(H,17,18);6-9H,1-4H2. The first-order valence-electron chi connectivity index (χ1n) is 34.2. The lowest BCUT2D eigenvalue weighted by Crippen LogP contribution is -2.37. The average Bonchev–Trinajstić information content (AvgIpc) is 3.41. The van der Waals surface area contributed by atoms with Crippen LogP contribution in [0.3, 0.4) is 0 Å². The molecule has 488 valence electrons. The number of rotatable bonds is 56. The Kier molecular flexibility index (Phi) is 81.1. The highest BCUT2D eigenvalue weighted by Crippen LogP contribution is 2.20. The SMILES string of the molecule is CCCCCCCCCCCCC(C)CC(O)=S.CCCCCCCCCCCCC(C)CC(O)=S.CCCCCCCCCCCCC(C)CC(O)=S.CCCCCCCCCCCCC(C)CC(O)=S.OCC(CO)(CO)CO. The topological polar surface area (TPSA) is 162 Å². The van der Waals surface area contributed by atoms with Crippen molar-refractivity contribution in [2.24, 2.45) is 29.1 Å². The molecule has 0 saturated carbocycles. The Hall–Kier alpha value is -0.600. The van der Waals surface area contributed by atoms with Crippen molar-refractivity contribution in [1.82, 2.24) is 0 Å². The van der Waals surface area contributed by atoms with E-state index in [4.69, 9.17) is 89.7 Å². The zero-order valence-electron chi connectivity index (χ0n) is 54.8. The summed E-state index contributed by atoms with van der Waals surface area (Å²) in [7, 11) is 0. The normalized spacial score (nSPS) is 12.5. The Morgan fingerprint density at radius 3 is 0.469 bits per heavy atom. The minimum Gasteiger partial charge on any atom is -0.502 e. The summed E-state index contributed by atoms with van der Waals surface area (Å²) in [5.41, 5.74) is -1.11. The average molecular weight is 1230 g/mol. The van der Waals surface area contributed by atoms with E-state index in [0.717, 1.165) is 0 Å². The molecule has 0 spiro atoms. The number of hydrogen-bond acceptors (Lipinski definition) is 8. The zero-order chi connectivity index (χ0) is 61.9. The molecule has 0 amide bonds. The summed E-state index contributed by atoms with van der Waals surface area (Å²) >= 11 is 18.8. The first kappa shape index (κ1) is 89.2. The molecule has 0 radical (unpaired) electrons. The Balaban J connectivity index is -0.000000302. The van der Waals surface area contributed by atoms with Gasteiger partial charge in [0.1, 0.15) is 0 Å². The van der Waals surface area contributed by atoms with Gasteiger partial charge in [0.25, 0.3) is 0 Å². The predicted molar refractivity (Wildman–Crippen MR) is 373 cm³/mol. The van der Waals surface area contributed by atoms with Crippen molar-refractivity contribution in [2.75, 3.05) is 26.4 Å². The van der Waals surface area contributed by atoms with Crippen LogP contribution in [-0.4, -0.2) is 87.5 Å². The van der Waals surface area contributed by atoms with Gasteiger partial charge in [-0.05, 0) is 72.5 Å². The third-order valence-electron chi connectivity index (χ3n) is 15.6. The molecule has 12 heteroatoms. The molecule has 0 bridgehead atoms. The van der Waals surface area contributed by atoms with Gasteiger partial charge in [-0.1, -0.05) is 338 Å². The molecule has 0 heterocycles. The van der Waals surface area contributed by atoms with Crippen LogP contribution in [0.5, 0.6) is 0 Å². The first-order chi connectivity index (χ1) is 38.9. The monoisotopic (exact) mass is 1220 g/mol. The van der Waals surface area contributed by atoms with E-state index < -0.39 is 31.8 Å². The van der Waals surface area contributed by atoms with Gasteiger partial charge >= 0.3 is 0 Å². The lowest BCUT2D eigenvalue weighted by molar-refractivity contribution is -0.0328. The molecular formula is C69H140O8S4. The second kappa shape index (κ2) is 73.7. The fraction of sp³-hybridized carbons (Fsp3) is 0.942. The summed E-state index contributed by atoms with van der Waals surface area (Å²) in [6.07, 6.45) is 63.1. The number of unbranched alkanes of at least 4 members (excludes halogenated alkanes) is 36. The van der Waals surface area contributed by atoms with Crippen LogP contribution in [0.2, 0.25) is 0 Å². The minimum atomic E-state index is -1.11. The number of aliphatic hydroxyl groups excluding tert-OH is 8. The molecule has 4 atom stereocenters. The Morgan fingerprint density at radius 2 is 0.370 bits per heavy atom. The lowest BCUT2D eigenvalue weighted by Gasteiger charge is -2.23. The summed E-state index contributed by atoms with van der Waals surface area (Å²) < 4.78 is 0.